The number of aryl methyl sites for hydroxylation is 3. The number of benzene rings is 1. The fourth-order valence-electron chi connectivity index (χ4n) is 2.18. The van der Waals surface area contributed by atoms with Crippen LogP contribution in [0.4, 0.5) is 11.5 Å². The van der Waals surface area contributed by atoms with Gasteiger partial charge < -0.3 is 10.6 Å². The summed E-state index contributed by atoms with van der Waals surface area (Å²) in [5, 5.41) is 6.12. The van der Waals surface area contributed by atoms with E-state index in [9.17, 15) is 4.79 Å². The van der Waals surface area contributed by atoms with Crippen LogP contribution in [0.25, 0.3) is 0 Å². The van der Waals surface area contributed by atoms with Crippen LogP contribution in [-0.2, 0) is 0 Å². The lowest BCUT2D eigenvalue weighted by Crippen LogP contribution is -2.16. The molecule has 5 nitrogen and oxygen atoms in total. The molecular weight excluding hydrogens is 288 g/mol. The van der Waals surface area contributed by atoms with Gasteiger partial charge in [-0.25, -0.2) is 9.97 Å². The van der Waals surface area contributed by atoms with E-state index in [4.69, 9.17) is 0 Å². The number of unbranched alkanes of at least 4 members (excludes halogenated alkanes) is 1. The van der Waals surface area contributed by atoms with Gasteiger partial charge in [-0.05, 0) is 50.5 Å². The number of carbonyl (C=O) groups excluding carboxylic acids is 1. The lowest BCUT2D eigenvalue weighted by Gasteiger charge is -2.10. The van der Waals surface area contributed by atoms with Gasteiger partial charge in [-0.15, -0.1) is 0 Å². The Morgan fingerprint density at radius 2 is 1.87 bits per heavy atom. The second-order valence-corrected chi connectivity index (χ2v) is 5.72. The Morgan fingerprint density at radius 3 is 2.57 bits per heavy atom. The number of aromatic nitrogens is 2. The van der Waals surface area contributed by atoms with Crippen molar-refractivity contribution in [3.8, 4) is 0 Å². The molecule has 122 valence electrons. The second kappa shape index (κ2) is 7.72. The van der Waals surface area contributed by atoms with Gasteiger partial charge in [0.05, 0.1) is 0 Å². The second-order valence-electron chi connectivity index (χ2n) is 5.72. The van der Waals surface area contributed by atoms with Crippen LogP contribution >= 0.6 is 0 Å². The maximum absolute atomic E-state index is 12.4. The summed E-state index contributed by atoms with van der Waals surface area (Å²) in [4.78, 5) is 21.0. The van der Waals surface area contributed by atoms with Crippen LogP contribution in [0.3, 0.4) is 0 Å². The summed E-state index contributed by atoms with van der Waals surface area (Å²) < 4.78 is 0. The summed E-state index contributed by atoms with van der Waals surface area (Å²) in [6, 6.07) is 7.54. The number of nitrogens with zero attached hydrogens (tertiary/aromatic N) is 2. The number of hydrogen-bond donors (Lipinski definition) is 2. The number of nitrogens with one attached hydrogen (secondary N) is 2. The maximum atomic E-state index is 12.4. The summed E-state index contributed by atoms with van der Waals surface area (Å²) in [5.41, 5.74) is 3.48. The Balaban J connectivity index is 2.13. The highest BCUT2D eigenvalue weighted by molar-refractivity contribution is 6.03. The molecule has 1 aromatic carbocycles. The SMILES string of the molecule is CCCCNc1cc(C(=O)Nc2ccc(C)c(C)c2)nc(C)n1. The Morgan fingerprint density at radius 1 is 1.09 bits per heavy atom. The van der Waals surface area contributed by atoms with Crippen molar-refractivity contribution in [3.63, 3.8) is 0 Å². The van der Waals surface area contributed by atoms with E-state index in [1.54, 1.807) is 13.0 Å². The molecule has 0 fully saturated rings. The first kappa shape index (κ1) is 16.9. The van der Waals surface area contributed by atoms with Gasteiger partial charge in [0.25, 0.3) is 5.91 Å². The quantitative estimate of drug-likeness (QED) is 0.795. The highest BCUT2D eigenvalue weighted by atomic mass is 16.1. The molecule has 0 radical (unpaired) electrons. The van der Waals surface area contributed by atoms with Gasteiger partial charge in [0.15, 0.2) is 0 Å². The molecule has 23 heavy (non-hydrogen) atoms. The van der Waals surface area contributed by atoms with Crippen LogP contribution in [-0.4, -0.2) is 22.4 Å². The Labute approximate surface area is 137 Å². The molecule has 1 amide bonds. The molecule has 0 saturated heterocycles. The van der Waals surface area contributed by atoms with Gasteiger partial charge in [-0.3, -0.25) is 4.79 Å². The molecule has 0 saturated carbocycles. The van der Waals surface area contributed by atoms with E-state index in [0.29, 0.717) is 17.3 Å². The van der Waals surface area contributed by atoms with Gasteiger partial charge >= 0.3 is 0 Å². The van der Waals surface area contributed by atoms with E-state index in [-0.39, 0.29) is 5.91 Å². The molecule has 0 aliphatic carbocycles. The molecule has 0 spiro atoms. The minimum absolute atomic E-state index is 0.225. The minimum atomic E-state index is -0.225. The fourth-order valence-corrected chi connectivity index (χ4v) is 2.18. The van der Waals surface area contributed by atoms with E-state index in [2.05, 4.69) is 27.5 Å². The number of anilines is 2. The molecule has 2 N–H and O–H groups in total. The van der Waals surface area contributed by atoms with Crippen molar-refractivity contribution in [2.45, 2.75) is 40.5 Å². The molecule has 0 bridgehead atoms. The topological polar surface area (TPSA) is 66.9 Å². The molecule has 5 heteroatoms. The Bertz CT molecular complexity index is 697. The Hall–Kier alpha value is -2.43. The van der Waals surface area contributed by atoms with E-state index in [0.717, 1.165) is 30.6 Å². The van der Waals surface area contributed by atoms with Crippen molar-refractivity contribution in [1.29, 1.82) is 0 Å². The lowest BCUT2D eigenvalue weighted by atomic mass is 10.1. The lowest BCUT2D eigenvalue weighted by molar-refractivity contribution is 0.102. The zero-order valence-electron chi connectivity index (χ0n) is 14.2. The zero-order chi connectivity index (χ0) is 16.8. The molecule has 2 rings (SSSR count). The molecule has 1 aromatic heterocycles. The van der Waals surface area contributed by atoms with Gasteiger partial charge in [0.2, 0.25) is 0 Å². The van der Waals surface area contributed by atoms with Crippen molar-refractivity contribution in [2.24, 2.45) is 0 Å². The van der Waals surface area contributed by atoms with Gasteiger partial charge in [-0.2, -0.15) is 0 Å². The normalized spacial score (nSPS) is 10.4. The smallest absolute Gasteiger partial charge is 0.274 e. The van der Waals surface area contributed by atoms with Gasteiger partial charge in [0.1, 0.15) is 17.3 Å². The number of carbonyl (C=O) groups is 1. The van der Waals surface area contributed by atoms with Crippen LogP contribution in [0.5, 0.6) is 0 Å². The number of hydrogen-bond acceptors (Lipinski definition) is 4. The summed E-state index contributed by atoms with van der Waals surface area (Å²) in [6.07, 6.45) is 2.17. The largest absolute Gasteiger partial charge is 0.370 e. The van der Waals surface area contributed by atoms with Crippen LogP contribution in [0.15, 0.2) is 24.3 Å². The fraction of sp³-hybridized carbons (Fsp3) is 0.389. The van der Waals surface area contributed by atoms with E-state index in [1.165, 1.54) is 5.56 Å². The van der Waals surface area contributed by atoms with Gasteiger partial charge in [0, 0.05) is 18.3 Å². The molecule has 0 aliphatic heterocycles. The number of rotatable bonds is 6. The molecule has 0 aliphatic rings. The van der Waals surface area contributed by atoms with E-state index >= 15 is 0 Å². The van der Waals surface area contributed by atoms with Crippen molar-refractivity contribution in [3.05, 3.63) is 46.9 Å². The van der Waals surface area contributed by atoms with Crippen molar-refractivity contribution in [1.82, 2.24) is 9.97 Å². The standard InChI is InChI=1S/C18H24N4O/c1-5-6-9-19-17-11-16(20-14(4)21-17)18(23)22-15-8-7-12(2)13(3)10-15/h7-8,10-11H,5-6,9H2,1-4H3,(H,22,23)(H,19,20,21). The average molecular weight is 312 g/mol. The highest BCUT2D eigenvalue weighted by Crippen LogP contribution is 2.15. The monoisotopic (exact) mass is 312 g/mol. The third-order valence-electron chi connectivity index (χ3n) is 3.67. The van der Waals surface area contributed by atoms with Crippen molar-refractivity contribution in [2.75, 3.05) is 17.2 Å². The highest BCUT2D eigenvalue weighted by Gasteiger charge is 2.11. The van der Waals surface area contributed by atoms with Crippen molar-refractivity contribution >= 4 is 17.4 Å². The first-order valence-corrected chi connectivity index (χ1v) is 7.97. The van der Waals surface area contributed by atoms with Crippen LogP contribution in [0.2, 0.25) is 0 Å². The summed E-state index contributed by atoms with van der Waals surface area (Å²) in [5.74, 6) is 1.05. The summed E-state index contributed by atoms with van der Waals surface area (Å²) in [6.45, 7) is 8.83. The molecular formula is C18H24N4O. The predicted molar refractivity (Wildman–Crippen MR) is 94.0 cm³/mol. The maximum Gasteiger partial charge on any atom is 0.274 e. The average Bonchev–Trinajstić information content (AvgIpc) is 2.51. The molecule has 1 heterocycles. The van der Waals surface area contributed by atoms with Crippen LogP contribution in [0.1, 0.15) is 47.2 Å². The minimum Gasteiger partial charge on any atom is -0.370 e. The molecule has 2 aromatic rings. The number of amides is 1. The zero-order valence-corrected chi connectivity index (χ0v) is 14.2. The summed E-state index contributed by atoms with van der Waals surface area (Å²) in [7, 11) is 0. The predicted octanol–water partition coefficient (Wildman–Crippen LogP) is 3.87. The van der Waals surface area contributed by atoms with Gasteiger partial charge in [-0.1, -0.05) is 19.4 Å². The van der Waals surface area contributed by atoms with Crippen molar-refractivity contribution < 1.29 is 4.79 Å². The van der Waals surface area contributed by atoms with E-state index in [1.807, 2.05) is 32.0 Å². The summed E-state index contributed by atoms with van der Waals surface area (Å²) >= 11 is 0. The van der Waals surface area contributed by atoms with Crippen LogP contribution in [0, 0.1) is 20.8 Å². The first-order chi connectivity index (χ1) is 11.0. The molecule has 0 atom stereocenters. The third-order valence-corrected chi connectivity index (χ3v) is 3.67. The third kappa shape index (κ3) is 4.77. The molecule has 0 unspecified atom stereocenters. The first-order valence-electron chi connectivity index (χ1n) is 7.97. The van der Waals surface area contributed by atoms with Crippen LogP contribution < -0.4 is 10.6 Å². The van der Waals surface area contributed by atoms with E-state index < -0.39 is 0 Å². The Kier molecular flexibility index (Phi) is 5.68.